The number of aromatic hydroxyl groups is 1. The van der Waals surface area contributed by atoms with E-state index in [0.29, 0.717) is 0 Å². The number of carbonyl (C=O) groups excluding carboxylic acids is 1. The number of nitriles is 1. The molecule has 0 radical (unpaired) electrons. The molecule has 18 heavy (non-hydrogen) atoms. The van der Waals surface area contributed by atoms with E-state index in [0.717, 1.165) is 19.3 Å². The summed E-state index contributed by atoms with van der Waals surface area (Å²) < 4.78 is 4.36. The van der Waals surface area contributed by atoms with Crippen LogP contribution in [0.2, 0.25) is 0 Å². The van der Waals surface area contributed by atoms with Gasteiger partial charge in [0, 0.05) is 11.6 Å². The maximum Gasteiger partial charge on any atom is 0.335 e. The van der Waals surface area contributed by atoms with Crippen LogP contribution in [-0.2, 0) is 9.53 Å². The smallest absolute Gasteiger partial charge is 0.335 e. The molecule has 1 rings (SSSR count). The minimum absolute atomic E-state index is 0.0629. The molecule has 0 aliphatic heterocycles. The number of rotatable bonds is 3. The minimum Gasteiger partial charge on any atom is -0.507 e. The van der Waals surface area contributed by atoms with Gasteiger partial charge < -0.3 is 14.9 Å². The Morgan fingerprint density at radius 3 is 2.56 bits per heavy atom. The van der Waals surface area contributed by atoms with Crippen molar-refractivity contribution in [3.05, 3.63) is 35.4 Å². The maximum absolute atomic E-state index is 11.0. The van der Waals surface area contributed by atoms with Crippen molar-refractivity contribution in [3.8, 4) is 11.8 Å². The number of hydrogen-bond acceptors (Lipinski definition) is 5. The first-order chi connectivity index (χ1) is 8.49. The number of carboxylic acid groups (broad SMARTS) is 1. The summed E-state index contributed by atoms with van der Waals surface area (Å²) in [5.74, 6) is -2.34. The molecule has 0 fully saturated rings. The lowest BCUT2D eigenvalue weighted by atomic mass is 10.0. The van der Waals surface area contributed by atoms with Gasteiger partial charge in [-0.3, -0.25) is 0 Å². The average molecular weight is 247 g/mol. The van der Waals surface area contributed by atoms with Gasteiger partial charge in [0.15, 0.2) is 0 Å². The van der Waals surface area contributed by atoms with Crippen LogP contribution in [0.4, 0.5) is 0 Å². The van der Waals surface area contributed by atoms with Gasteiger partial charge in [-0.15, -0.1) is 0 Å². The molecule has 0 aromatic heterocycles. The summed E-state index contributed by atoms with van der Waals surface area (Å²) in [4.78, 5) is 21.7. The molecule has 1 aromatic carbocycles. The van der Waals surface area contributed by atoms with Crippen LogP contribution in [0.1, 0.15) is 15.9 Å². The molecule has 0 amide bonds. The van der Waals surface area contributed by atoms with Gasteiger partial charge in [-0.05, 0) is 18.2 Å². The van der Waals surface area contributed by atoms with Gasteiger partial charge in [-0.2, -0.15) is 5.26 Å². The Balaban J connectivity index is 3.25. The molecule has 0 unspecified atom stereocenters. The van der Waals surface area contributed by atoms with Crippen molar-refractivity contribution >= 4 is 17.5 Å². The molecule has 0 spiro atoms. The Morgan fingerprint density at radius 2 is 2.11 bits per heavy atom. The molecule has 0 aliphatic rings. The number of phenols is 1. The van der Waals surface area contributed by atoms with E-state index in [1.54, 1.807) is 6.07 Å². The van der Waals surface area contributed by atoms with E-state index in [1.165, 1.54) is 12.1 Å². The molecule has 0 bridgehead atoms. The maximum atomic E-state index is 11.0. The van der Waals surface area contributed by atoms with E-state index < -0.39 is 17.7 Å². The predicted molar refractivity (Wildman–Crippen MR) is 60.7 cm³/mol. The van der Waals surface area contributed by atoms with Crippen LogP contribution in [0, 0.1) is 11.3 Å². The summed E-state index contributed by atoms with van der Waals surface area (Å²) in [6, 6.07) is 5.19. The Morgan fingerprint density at radius 1 is 1.44 bits per heavy atom. The van der Waals surface area contributed by atoms with Crippen molar-refractivity contribution in [1.82, 2.24) is 0 Å². The first-order valence-electron chi connectivity index (χ1n) is 4.76. The minimum atomic E-state index is -1.20. The first-order valence-corrected chi connectivity index (χ1v) is 4.76. The molecule has 0 heterocycles. The lowest BCUT2D eigenvalue weighted by Gasteiger charge is -2.04. The first kappa shape index (κ1) is 13.3. The number of aromatic carboxylic acids is 1. The van der Waals surface area contributed by atoms with E-state index in [9.17, 15) is 14.7 Å². The van der Waals surface area contributed by atoms with Crippen LogP contribution in [0.3, 0.4) is 0 Å². The highest BCUT2D eigenvalue weighted by molar-refractivity contribution is 5.97. The predicted octanol–water partition coefficient (Wildman–Crippen LogP) is 1.17. The van der Waals surface area contributed by atoms with Gasteiger partial charge in [0.05, 0.1) is 18.2 Å². The summed E-state index contributed by atoms with van der Waals surface area (Å²) >= 11 is 0. The van der Waals surface area contributed by atoms with Crippen molar-refractivity contribution in [2.45, 2.75) is 0 Å². The van der Waals surface area contributed by atoms with Crippen LogP contribution in [0.25, 0.3) is 5.57 Å². The third kappa shape index (κ3) is 2.86. The Kier molecular flexibility index (Phi) is 4.05. The zero-order valence-corrected chi connectivity index (χ0v) is 9.38. The highest BCUT2D eigenvalue weighted by Gasteiger charge is 2.12. The van der Waals surface area contributed by atoms with Gasteiger partial charge in [-0.1, -0.05) is 0 Å². The second-order valence-corrected chi connectivity index (χ2v) is 3.23. The average Bonchev–Trinajstić information content (AvgIpc) is 2.35. The number of ether oxygens (including phenoxy) is 1. The molecule has 6 heteroatoms. The van der Waals surface area contributed by atoms with Gasteiger partial charge in [0.25, 0.3) is 0 Å². The molecular weight excluding hydrogens is 238 g/mol. The topological polar surface area (TPSA) is 108 Å². The van der Waals surface area contributed by atoms with E-state index in [2.05, 4.69) is 4.74 Å². The second-order valence-electron chi connectivity index (χ2n) is 3.23. The molecular formula is C12H9NO5. The van der Waals surface area contributed by atoms with Crippen LogP contribution in [0.5, 0.6) is 5.75 Å². The van der Waals surface area contributed by atoms with Crippen molar-refractivity contribution in [2.24, 2.45) is 0 Å². The third-order valence-electron chi connectivity index (χ3n) is 2.12. The summed E-state index contributed by atoms with van der Waals surface area (Å²) in [6.45, 7) is 0. The highest BCUT2D eigenvalue weighted by atomic mass is 16.5. The number of benzene rings is 1. The van der Waals surface area contributed by atoms with Crippen LogP contribution < -0.4 is 0 Å². The fraction of sp³-hybridized carbons (Fsp3) is 0.0833. The Hall–Kier alpha value is -2.81. The zero-order chi connectivity index (χ0) is 13.7. The number of phenolic OH excluding ortho intramolecular Hbond substituents is 1. The van der Waals surface area contributed by atoms with E-state index >= 15 is 0 Å². The number of nitrogens with zero attached hydrogens (tertiary/aromatic N) is 1. The quantitative estimate of drug-likeness (QED) is 0.471. The van der Waals surface area contributed by atoms with Gasteiger partial charge in [0.2, 0.25) is 0 Å². The molecule has 1 aromatic rings. The van der Waals surface area contributed by atoms with Gasteiger partial charge in [0.1, 0.15) is 11.8 Å². The lowest BCUT2D eigenvalue weighted by molar-refractivity contribution is -0.134. The fourth-order valence-corrected chi connectivity index (χ4v) is 1.24. The molecule has 0 aliphatic carbocycles. The van der Waals surface area contributed by atoms with Crippen LogP contribution >= 0.6 is 0 Å². The van der Waals surface area contributed by atoms with E-state index in [-0.39, 0.29) is 16.7 Å². The molecule has 2 N–H and O–H groups in total. The number of hydrogen-bond donors (Lipinski definition) is 2. The van der Waals surface area contributed by atoms with Gasteiger partial charge in [-0.25, -0.2) is 9.59 Å². The summed E-state index contributed by atoms with van der Waals surface area (Å²) in [7, 11) is 1.15. The molecule has 0 atom stereocenters. The lowest BCUT2D eigenvalue weighted by Crippen LogP contribution is -1.98. The standard InChI is InChI=1S/C12H9NO5/c1-18-11(15)5-8(6-13)9-3-2-7(12(16)17)4-10(9)14/h2-5,14H,1H3,(H,16,17). The van der Waals surface area contributed by atoms with Crippen molar-refractivity contribution in [2.75, 3.05) is 7.11 Å². The number of methoxy groups -OCH3 is 1. The molecule has 6 nitrogen and oxygen atoms in total. The van der Waals surface area contributed by atoms with Crippen molar-refractivity contribution in [3.63, 3.8) is 0 Å². The fourth-order valence-electron chi connectivity index (χ4n) is 1.24. The number of carboxylic acids is 1. The van der Waals surface area contributed by atoms with Crippen molar-refractivity contribution in [1.29, 1.82) is 5.26 Å². The Bertz CT molecular complexity index is 568. The van der Waals surface area contributed by atoms with Crippen LogP contribution in [0.15, 0.2) is 24.3 Å². The van der Waals surface area contributed by atoms with Gasteiger partial charge >= 0.3 is 11.9 Å². The highest BCUT2D eigenvalue weighted by Crippen LogP contribution is 2.26. The third-order valence-corrected chi connectivity index (χ3v) is 2.12. The molecule has 0 saturated heterocycles. The number of carbonyl (C=O) groups is 2. The summed E-state index contributed by atoms with van der Waals surface area (Å²) in [5.41, 5.74) is -0.171. The van der Waals surface area contributed by atoms with Crippen LogP contribution in [-0.4, -0.2) is 29.3 Å². The molecule has 92 valence electrons. The SMILES string of the molecule is COC(=O)C=C(C#N)c1ccc(C(=O)O)cc1O. The summed E-state index contributed by atoms with van der Waals surface area (Å²) in [5, 5.41) is 27.2. The zero-order valence-electron chi connectivity index (χ0n) is 9.38. The van der Waals surface area contributed by atoms with E-state index in [4.69, 9.17) is 10.4 Å². The number of esters is 1. The normalized spacial score (nSPS) is 10.6. The second kappa shape index (κ2) is 5.50. The number of allylic oxidation sites excluding steroid dienone is 1. The summed E-state index contributed by atoms with van der Waals surface area (Å²) in [6.07, 6.45) is 0.912. The monoisotopic (exact) mass is 247 g/mol. The van der Waals surface area contributed by atoms with E-state index in [1.807, 2.05) is 0 Å². The van der Waals surface area contributed by atoms with Crippen molar-refractivity contribution < 1.29 is 24.5 Å². The Labute approximate surface area is 102 Å². The largest absolute Gasteiger partial charge is 0.507 e. The molecule has 0 saturated carbocycles.